The molecule has 3 aliphatic rings. The van der Waals surface area contributed by atoms with Crippen LogP contribution < -0.4 is 0 Å². The van der Waals surface area contributed by atoms with Crippen molar-refractivity contribution in [3.05, 3.63) is 48.6 Å². The SMILES string of the molecule is C=C[C@]1(C)CC(=O)[C@H]2[C@](O)(C1=O)[C@H](O)C[C@H]1C(C)(C)[C@H](OC(C)=O)[C@H](OC(C)=O)[C@H](OC(=O)c3ccccc3)[C@@]12C. The molecule has 0 aromatic heterocycles. The largest absolute Gasteiger partial charge is 0.458 e. The number of esters is 3. The summed E-state index contributed by atoms with van der Waals surface area (Å²) in [7, 11) is 0. The zero-order valence-electron chi connectivity index (χ0n) is 24.2. The number of hydrogen-bond acceptors (Lipinski definition) is 10. The molecule has 0 saturated heterocycles. The second-order valence-corrected chi connectivity index (χ2v) is 12.6. The van der Waals surface area contributed by atoms with Crippen LogP contribution in [0.25, 0.3) is 0 Å². The van der Waals surface area contributed by atoms with Crippen LogP contribution in [0.3, 0.4) is 0 Å². The molecule has 1 aromatic rings. The van der Waals surface area contributed by atoms with Crippen LogP contribution in [0.2, 0.25) is 0 Å². The molecule has 0 bridgehead atoms. The van der Waals surface area contributed by atoms with Gasteiger partial charge in [0.2, 0.25) is 0 Å². The van der Waals surface area contributed by atoms with Crippen molar-refractivity contribution in [1.29, 1.82) is 0 Å². The molecule has 0 heterocycles. The summed E-state index contributed by atoms with van der Waals surface area (Å²) in [5, 5.41) is 23.5. The van der Waals surface area contributed by atoms with Crippen molar-refractivity contribution in [1.82, 2.24) is 0 Å². The predicted octanol–water partition coefficient (Wildman–Crippen LogP) is 2.58. The fourth-order valence-corrected chi connectivity index (χ4v) is 7.83. The Morgan fingerprint density at radius 1 is 0.951 bits per heavy atom. The van der Waals surface area contributed by atoms with E-state index in [0.717, 1.165) is 6.92 Å². The van der Waals surface area contributed by atoms with Crippen molar-refractivity contribution in [3.63, 3.8) is 0 Å². The monoisotopic (exact) mass is 570 g/mol. The Morgan fingerprint density at radius 2 is 1.54 bits per heavy atom. The Morgan fingerprint density at radius 3 is 2.07 bits per heavy atom. The third-order valence-electron chi connectivity index (χ3n) is 9.66. The Kier molecular flexibility index (Phi) is 7.58. The molecule has 3 saturated carbocycles. The summed E-state index contributed by atoms with van der Waals surface area (Å²) in [6.45, 7) is 12.6. The van der Waals surface area contributed by atoms with Crippen molar-refractivity contribution in [2.24, 2.45) is 28.1 Å². The minimum absolute atomic E-state index is 0.166. The van der Waals surface area contributed by atoms with Gasteiger partial charge in [-0.3, -0.25) is 19.2 Å². The number of carbonyl (C=O) groups is 5. The summed E-state index contributed by atoms with van der Waals surface area (Å²) in [6.07, 6.45) is -4.92. The van der Waals surface area contributed by atoms with Gasteiger partial charge >= 0.3 is 17.9 Å². The standard InChI is InChI=1S/C31H38O10/c1-8-29(6)15-19(34)23-30(7)20(14-21(35)31(23,38)27(29)37)28(4,5)24(40-17(3)33)22(39-16(2)32)25(30)41-26(36)18-12-10-9-11-13-18/h8-13,20-25,35,38H,1,14-15H2,2-7H3/t20-,21+,22-,23+,24+,25-,29+,30-,31-/m0/s1. The van der Waals surface area contributed by atoms with Crippen LogP contribution in [-0.2, 0) is 33.4 Å². The van der Waals surface area contributed by atoms with Crippen molar-refractivity contribution in [2.45, 2.75) is 84.4 Å². The van der Waals surface area contributed by atoms with Gasteiger partial charge in [-0.1, -0.05) is 45.0 Å². The molecule has 0 unspecified atom stereocenters. The van der Waals surface area contributed by atoms with E-state index in [1.165, 1.54) is 32.1 Å². The molecular weight excluding hydrogens is 532 g/mol. The Hall–Kier alpha value is -3.37. The van der Waals surface area contributed by atoms with Crippen LogP contribution >= 0.6 is 0 Å². The van der Waals surface area contributed by atoms with Crippen molar-refractivity contribution in [2.75, 3.05) is 0 Å². The van der Waals surface area contributed by atoms with Crippen molar-refractivity contribution >= 4 is 29.5 Å². The van der Waals surface area contributed by atoms with Gasteiger partial charge in [0, 0.05) is 31.1 Å². The number of allylic oxidation sites excluding steroid dienone is 1. The molecular formula is C31H38O10. The maximum atomic E-state index is 14.1. The maximum absolute atomic E-state index is 14.1. The summed E-state index contributed by atoms with van der Waals surface area (Å²) in [5.41, 5.74) is -6.48. The highest BCUT2D eigenvalue weighted by atomic mass is 16.6. The van der Waals surface area contributed by atoms with Crippen LogP contribution in [0.1, 0.15) is 64.7 Å². The Bertz CT molecular complexity index is 1290. The summed E-state index contributed by atoms with van der Waals surface area (Å²) < 4.78 is 17.5. The summed E-state index contributed by atoms with van der Waals surface area (Å²) in [5.74, 6) is -5.87. The van der Waals surface area contributed by atoms with Crippen LogP contribution in [-0.4, -0.2) is 69.7 Å². The molecule has 9 atom stereocenters. The Labute approximate surface area is 239 Å². The third-order valence-corrected chi connectivity index (χ3v) is 9.66. The van der Waals surface area contributed by atoms with Gasteiger partial charge in [-0.2, -0.15) is 0 Å². The van der Waals surface area contributed by atoms with Gasteiger partial charge in [0.25, 0.3) is 0 Å². The number of rotatable bonds is 5. The van der Waals surface area contributed by atoms with Crippen molar-refractivity contribution in [3.8, 4) is 0 Å². The average Bonchev–Trinajstić information content (AvgIpc) is 2.89. The van der Waals surface area contributed by atoms with E-state index in [9.17, 15) is 34.2 Å². The van der Waals surface area contributed by atoms with Gasteiger partial charge in [0.1, 0.15) is 18.0 Å². The first-order valence-electron chi connectivity index (χ1n) is 13.7. The zero-order valence-corrected chi connectivity index (χ0v) is 24.2. The number of benzene rings is 1. The molecule has 10 heteroatoms. The molecule has 3 fully saturated rings. The minimum atomic E-state index is -2.55. The third kappa shape index (κ3) is 4.52. The van der Waals surface area contributed by atoms with Crippen LogP contribution in [0.5, 0.6) is 0 Å². The minimum Gasteiger partial charge on any atom is -0.458 e. The van der Waals surface area contributed by atoms with Crippen molar-refractivity contribution < 1.29 is 48.4 Å². The maximum Gasteiger partial charge on any atom is 0.338 e. The number of Topliss-reactive ketones (excluding diaryl/α,β-unsaturated/α-hetero) is 2. The van der Waals surface area contributed by atoms with Gasteiger partial charge in [-0.15, -0.1) is 6.58 Å². The average molecular weight is 571 g/mol. The van der Waals surface area contributed by atoms with E-state index in [1.54, 1.807) is 39.0 Å². The summed E-state index contributed by atoms with van der Waals surface area (Å²) in [4.78, 5) is 66.2. The van der Waals surface area contributed by atoms with E-state index in [4.69, 9.17) is 14.2 Å². The van der Waals surface area contributed by atoms with Crippen LogP contribution in [0.4, 0.5) is 0 Å². The normalized spacial score (nSPS) is 39.5. The molecule has 1 aromatic carbocycles. The highest BCUT2D eigenvalue weighted by molar-refractivity contribution is 6.06. The van der Waals surface area contributed by atoms with E-state index in [1.807, 2.05) is 0 Å². The predicted molar refractivity (Wildman–Crippen MR) is 144 cm³/mol. The lowest BCUT2D eigenvalue weighted by Crippen LogP contribution is -2.79. The lowest BCUT2D eigenvalue weighted by atomic mass is 9.39. The molecule has 0 spiro atoms. The number of hydrogen-bond donors (Lipinski definition) is 2. The number of carbonyl (C=O) groups excluding carboxylic acids is 5. The molecule has 2 N–H and O–H groups in total. The lowest BCUT2D eigenvalue weighted by Gasteiger charge is -2.67. The smallest absolute Gasteiger partial charge is 0.338 e. The van der Waals surface area contributed by atoms with Gasteiger partial charge in [-0.25, -0.2) is 4.79 Å². The van der Waals surface area contributed by atoms with E-state index in [0.29, 0.717) is 0 Å². The summed E-state index contributed by atoms with van der Waals surface area (Å²) >= 11 is 0. The summed E-state index contributed by atoms with van der Waals surface area (Å²) in [6, 6.07) is 8.01. The highest BCUT2D eigenvalue weighted by Crippen LogP contribution is 2.66. The molecule has 3 aliphatic carbocycles. The van der Waals surface area contributed by atoms with E-state index >= 15 is 0 Å². The number of ketones is 2. The lowest BCUT2D eigenvalue weighted by molar-refractivity contribution is -0.293. The molecule has 0 amide bonds. The first kappa shape index (κ1) is 30.6. The first-order valence-corrected chi connectivity index (χ1v) is 13.7. The number of aliphatic hydroxyl groups is 2. The number of fused-ring (bicyclic) bond motifs is 3. The molecule has 4 rings (SSSR count). The van der Waals surface area contributed by atoms with Crippen LogP contribution in [0, 0.1) is 28.1 Å². The fourth-order valence-electron chi connectivity index (χ4n) is 7.83. The number of aliphatic hydroxyl groups excluding tert-OH is 1. The molecule has 41 heavy (non-hydrogen) atoms. The van der Waals surface area contributed by atoms with Crippen LogP contribution in [0.15, 0.2) is 43.0 Å². The second-order valence-electron chi connectivity index (χ2n) is 12.6. The van der Waals surface area contributed by atoms with Gasteiger partial charge < -0.3 is 24.4 Å². The second kappa shape index (κ2) is 10.2. The topological polar surface area (TPSA) is 154 Å². The van der Waals surface area contributed by atoms with E-state index < -0.39 is 87.6 Å². The van der Waals surface area contributed by atoms with E-state index in [-0.39, 0.29) is 18.4 Å². The molecule has 0 aliphatic heterocycles. The first-order chi connectivity index (χ1) is 19.0. The molecule has 222 valence electrons. The van der Waals surface area contributed by atoms with Gasteiger partial charge in [0.15, 0.2) is 17.5 Å². The fraction of sp³-hybridized carbons (Fsp3) is 0.581. The zero-order chi connectivity index (χ0) is 30.7. The highest BCUT2D eigenvalue weighted by Gasteiger charge is 2.77. The quantitative estimate of drug-likeness (QED) is 0.307. The van der Waals surface area contributed by atoms with E-state index in [2.05, 4.69) is 6.58 Å². The molecule has 10 nitrogen and oxygen atoms in total. The molecule has 0 radical (unpaired) electrons. The number of ether oxygens (including phenoxy) is 3. The Balaban J connectivity index is 1.99. The van der Waals surface area contributed by atoms with Gasteiger partial charge in [-0.05, 0) is 31.4 Å². The van der Waals surface area contributed by atoms with Gasteiger partial charge in [0.05, 0.1) is 23.0 Å².